The number of Topliss-reactive ketones (excluding diaryl/α,β-unsaturated/α-hetero) is 1. The van der Waals surface area contributed by atoms with Gasteiger partial charge in [-0.15, -0.1) is 11.8 Å². The highest BCUT2D eigenvalue weighted by Gasteiger charge is 2.58. The molecule has 2 fully saturated rings. The minimum Gasteiger partial charge on any atom is -0.481 e. The molecule has 2 aliphatic rings. The number of thioether (sulfide) groups is 1. The molecule has 3 heterocycles. The van der Waals surface area contributed by atoms with Crippen LogP contribution in [-0.2, 0) is 33.5 Å². The molecule has 0 bridgehead atoms. The molecule has 2 aliphatic heterocycles. The van der Waals surface area contributed by atoms with E-state index in [1.807, 2.05) is 6.92 Å². The normalized spacial score (nSPS) is 23.7. The molecule has 16 heteroatoms. The maximum Gasteiger partial charge on any atom is 0.315 e. The quantitative estimate of drug-likeness (QED) is 0.0810. The number of amides is 2. The van der Waals surface area contributed by atoms with Crippen molar-refractivity contribution in [3.05, 3.63) is 5.82 Å². The Bertz CT molecular complexity index is 1060. The van der Waals surface area contributed by atoms with Crippen molar-refractivity contribution in [3.8, 4) is 0 Å². The van der Waals surface area contributed by atoms with E-state index in [9.17, 15) is 29.1 Å². The number of aliphatic carboxylic acids is 1. The summed E-state index contributed by atoms with van der Waals surface area (Å²) >= 11 is 2.00. The number of carboxylic acids is 1. The zero-order chi connectivity index (χ0) is 25.8. The van der Waals surface area contributed by atoms with Gasteiger partial charge in [-0.3, -0.25) is 24.0 Å². The number of anilines is 1. The van der Waals surface area contributed by atoms with Crippen LogP contribution in [-0.4, -0.2) is 91.5 Å². The van der Waals surface area contributed by atoms with Gasteiger partial charge < -0.3 is 30.6 Å². The second-order valence-corrected chi connectivity index (χ2v) is 9.86. The molecule has 1 aromatic rings. The molecular formula is C19H24N6O8S2. The third-order valence-corrected chi connectivity index (χ3v) is 7.24. The first-order valence-electron chi connectivity index (χ1n) is 10.5. The number of carbonyl (C=O) groups excluding carboxylic acids is 4. The lowest BCUT2D eigenvalue weighted by Crippen LogP contribution is -2.74. The standard InChI is InChI=1S/C19H24N6O8S2/c1-3-4-33-23-11(13-22-18(20)35-24-13)14(28)21-12-15(29)25-6-19(17(30)31,8-34-16(12)25)7-32-10(27)5-9(2)26/h12,16H,3-8H2,1-2H3,(H,21,28)(H,30,31)(H2,20,22,24)/t12?,16-,19?/m1/s1. The van der Waals surface area contributed by atoms with Gasteiger partial charge in [-0.1, -0.05) is 12.1 Å². The number of hydrogen-bond acceptors (Lipinski definition) is 13. The summed E-state index contributed by atoms with van der Waals surface area (Å²) in [4.78, 5) is 70.8. The molecule has 3 rings (SSSR count). The van der Waals surface area contributed by atoms with Crippen molar-refractivity contribution in [2.24, 2.45) is 10.6 Å². The first kappa shape index (κ1) is 26.3. The number of carboxylic acid groups (broad SMARTS) is 1. The lowest BCUT2D eigenvalue weighted by Gasteiger charge is -2.53. The Kier molecular flexibility index (Phi) is 8.26. The number of nitrogens with two attached hydrogens (primary N) is 1. The van der Waals surface area contributed by atoms with Crippen LogP contribution in [0, 0.1) is 5.41 Å². The van der Waals surface area contributed by atoms with Crippen LogP contribution in [0.15, 0.2) is 5.16 Å². The van der Waals surface area contributed by atoms with Gasteiger partial charge in [-0.25, -0.2) is 0 Å². The summed E-state index contributed by atoms with van der Waals surface area (Å²) < 4.78 is 8.97. The van der Waals surface area contributed by atoms with Crippen molar-refractivity contribution < 1.29 is 38.7 Å². The topological polar surface area (TPSA) is 203 Å². The Labute approximate surface area is 207 Å². The fraction of sp³-hybridized carbons (Fsp3) is 0.579. The lowest BCUT2D eigenvalue weighted by molar-refractivity contribution is -0.165. The van der Waals surface area contributed by atoms with Crippen molar-refractivity contribution in [1.29, 1.82) is 0 Å². The third kappa shape index (κ3) is 5.87. The van der Waals surface area contributed by atoms with Gasteiger partial charge in [0.2, 0.25) is 17.4 Å². The molecule has 0 saturated carbocycles. The van der Waals surface area contributed by atoms with E-state index in [0.29, 0.717) is 6.42 Å². The number of hydrogen-bond donors (Lipinski definition) is 3. The Hall–Kier alpha value is -3.27. The minimum atomic E-state index is -1.54. The predicted octanol–water partition coefficient (Wildman–Crippen LogP) is -0.756. The molecule has 14 nitrogen and oxygen atoms in total. The van der Waals surface area contributed by atoms with E-state index in [0.717, 1.165) is 23.3 Å². The number of nitrogens with one attached hydrogen (secondary N) is 1. The van der Waals surface area contributed by atoms with Gasteiger partial charge in [-0.05, 0) is 13.3 Å². The lowest BCUT2D eigenvalue weighted by atomic mass is 9.88. The average Bonchev–Trinajstić information content (AvgIpc) is 3.23. The van der Waals surface area contributed by atoms with Gasteiger partial charge in [0.05, 0.1) is 0 Å². The zero-order valence-corrected chi connectivity index (χ0v) is 20.5. The summed E-state index contributed by atoms with van der Waals surface area (Å²) in [5.41, 5.74) is 3.81. The van der Waals surface area contributed by atoms with Crippen LogP contribution >= 0.6 is 23.3 Å². The monoisotopic (exact) mass is 528 g/mol. The molecule has 190 valence electrons. The number of esters is 1. The number of aromatic nitrogens is 2. The number of carbonyl (C=O) groups is 5. The summed E-state index contributed by atoms with van der Waals surface area (Å²) in [7, 11) is 0. The Morgan fingerprint density at radius 2 is 2.11 bits per heavy atom. The van der Waals surface area contributed by atoms with Gasteiger partial charge >= 0.3 is 11.9 Å². The van der Waals surface area contributed by atoms with E-state index >= 15 is 0 Å². The Morgan fingerprint density at radius 3 is 2.71 bits per heavy atom. The summed E-state index contributed by atoms with van der Waals surface area (Å²) in [5.74, 6) is -3.76. The molecule has 0 aliphatic carbocycles. The second-order valence-electron chi connectivity index (χ2n) is 7.97. The largest absolute Gasteiger partial charge is 0.481 e. The van der Waals surface area contributed by atoms with Crippen LogP contribution < -0.4 is 11.1 Å². The number of rotatable bonds is 11. The van der Waals surface area contributed by atoms with Gasteiger partial charge in [0.25, 0.3) is 5.91 Å². The number of nitrogens with zero attached hydrogens (tertiary/aromatic N) is 4. The molecule has 2 saturated heterocycles. The van der Waals surface area contributed by atoms with Crippen molar-refractivity contribution >= 4 is 63.7 Å². The van der Waals surface area contributed by atoms with Crippen LogP contribution in [0.3, 0.4) is 0 Å². The number of oxime groups is 1. The molecule has 2 amide bonds. The zero-order valence-electron chi connectivity index (χ0n) is 18.9. The molecule has 2 unspecified atom stereocenters. The van der Waals surface area contributed by atoms with Crippen LogP contribution in [0.5, 0.6) is 0 Å². The Balaban J connectivity index is 1.67. The maximum absolute atomic E-state index is 12.9. The average molecular weight is 529 g/mol. The number of nitrogen functional groups attached to an aromatic ring is 1. The van der Waals surface area contributed by atoms with Gasteiger partial charge in [0.15, 0.2) is 5.13 Å². The number of fused-ring (bicyclic) bond motifs is 1. The van der Waals surface area contributed by atoms with E-state index in [-0.39, 0.29) is 35.6 Å². The molecular weight excluding hydrogens is 504 g/mol. The van der Waals surface area contributed by atoms with Crippen molar-refractivity contribution in [3.63, 3.8) is 0 Å². The number of ketones is 1. The molecule has 1 aromatic heterocycles. The van der Waals surface area contributed by atoms with E-state index < -0.39 is 59.4 Å². The van der Waals surface area contributed by atoms with Crippen molar-refractivity contribution in [2.45, 2.75) is 38.1 Å². The second kappa shape index (κ2) is 11.0. The molecule has 3 atom stereocenters. The summed E-state index contributed by atoms with van der Waals surface area (Å²) in [6.45, 7) is 2.62. The van der Waals surface area contributed by atoms with E-state index in [4.69, 9.17) is 15.3 Å². The van der Waals surface area contributed by atoms with Crippen LogP contribution in [0.2, 0.25) is 0 Å². The minimum absolute atomic E-state index is 0.0151. The predicted molar refractivity (Wildman–Crippen MR) is 123 cm³/mol. The molecule has 4 N–H and O–H groups in total. The summed E-state index contributed by atoms with van der Waals surface area (Å²) in [5, 5.41) is 15.7. The van der Waals surface area contributed by atoms with Crippen molar-refractivity contribution in [1.82, 2.24) is 19.6 Å². The first-order valence-corrected chi connectivity index (χ1v) is 12.3. The van der Waals surface area contributed by atoms with Crippen LogP contribution in [0.4, 0.5) is 5.13 Å². The first-order chi connectivity index (χ1) is 16.6. The summed E-state index contributed by atoms with van der Waals surface area (Å²) in [6.07, 6.45) is 0.183. The number of β-lactam (4-membered cyclic amide) rings is 1. The van der Waals surface area contributed by atoms with E-state index in [2.05, 4.69) is 19.8 Å². The maximum atomic E-state index is 12.9. The van der Waals surface area contributed by atoms with Crippen LogP contribution in [0.25, 0.3) is 0 Å². The Morgan fingerprint density at radius 1 is 1.37 bits per heavy atom. The molecule has 35 heavy (non-hydrogen) atoms. The molecule has 0 aromatic carbocycles. The fourth-order valence-corrected chi connectivity index (χ4v) is 5.26. The van der Waals surface area contributed by atoms with E-state index in [1.165, 1.54) is 11.8 Å². The molecule has 0 radical (unpaired) electrons. The number of ether oxygens (including phenoxy) is 1. The SMILES string of the molecule is CCCON=C(C(=O)NC1C(=O)N2CC(COC(=O)CC(C)=O)(C(=O)O)CS[C@H]12)c1nsc(N)n1. The van der Waals surface area contributed by atoms with Crippen molar-refractivity contribution in [2.75, 3.05) is 31.2 Å². The highest BCUT2D eigenvalue weighted by Crippen LogP contribution is 2.42. The van der Waals surface area contributed by atoms with Gasteiger partial charge in [0, 0.05) is 23.8 Å². The van der Waals surface area contributed by atoms with Gasteiger partial charge in [-0.2, -0.15) is 9.36 Å². The smallest absolute Gasteiger partial charge is 0.315 e. The highest BCUT2D eigenvalue weighted by molar-refractivity contribution is 8.00. The third-order valence-electron chi connectivity index (χ3n) is 5.11. The molecule has 0 spiro atoms. The fourth-order valence-electron chi connectivity index (χ4n) is 3.31. The van der Waals surface area contributed by atoms with Crippen LogP contribution in [0.1, 0.15) is 32.5 Å². The van der Waals surface area contributed by atoms with E-state index in [1.54, 1.807) is 0 Å². The summed E-state index contributed by atoms with van der Waals surface area (Å²) in [6, 6.07) is -0.938. The van der Waals surface area contributed by atoms with Gasteiger partial charge in [0.1, 0.15) is 42.2 Å². The highest BCUT2D eigenvalue weighted by atomic mass is 32.2.